The molecule has 0 aromatic heterocycles. The molecule has 2 atom stereocenters. The highest BCUT2D eigenvalue weighted by molar-refractivity contribution is 5.79. The fourth-order valence-corrected chi connectivity index (χ4v) is 4.51. The molecule has 0 heterocycles. The molecule has 0 N–H and O–H groups in total. The van der Waals surface area contributed by atoms with Crippen LogP contribution in [0.4, 0.5) is 8.78 Å². The molecular weight excluding hydrogens is 454 g/mol. The van der Waals surface area contributed by atoms with E-state index >= 15 is 8.78 Å². The van der Waals surface area contributed by atoms with E-state index in [1.165, 1.54) is 11.6 Å². The summed E-state index contributed by atoms with van der Waals surface area (Å²) in [5.74, 6) is -2.57. The second-order valence-corrected chi connectivity index (χ2v) is 9.04. The van der Waals surface area contributed by atoms with Crippen molar-refractivity contribution in [1.29, 1.82) is 0 Å². The SMILES string of the molecule is CCCCCCOC1(OCC)C=CC(c2ccc(-c3ccc(-c4ccccc4)cc3)cc2)=C(F)C1F. The lowest BCUT2D eigenvalue weighted by Crippen LogP contribution is -2.46. The Kier molecular flexibility index (Phi) is 8.84. The number of ether oxygens (including phenoxy) is 2. The molecule has 0 amide bonds. The average molecular weight is 489 g/mol. The van der Waals surface area contributed by atoms with E-state index < -0.39 is 17.8 Å². The van der Waals surface area contributed by atoms with Gasteiger partial charge in [-0.05, 0) is 47.2 Å². The molecule has 0 radical (unpaired) electrons. The summed E-state index contributed by atoms with van der Waals surface area (Å²) in [4.78, 5) is 0. The van der Waals surface area contributed by atoms with Crippen molar-refractivity contribution in [2.75, 3.05) is 13.2 Å². The van der Waals surface area contributed by atoms with Gasteiger partial charge in [0.2, 0.25) is 12.0 Å². The molecule has 0 fully saturated rings. The lowest BCUT2D eigenvalue weighted by atomic mass is 9.92. The third-order valence-corrected chi connectivity index (χ3v) is 6.53. The van der Waals surface area contributed by atoms with Gasteiger partial charge < -0.3 is 9.47 Å². The Bertz CT molecular complexity index is 1170. The number of halogens is 2. The summed E-state index contributed by atoms with van der Waals surface area (Å²) in [6, 6.07) is 26.1. The van der Waals surface area contributed by atoms with Crippen LogP contribution in [0.1, 0.15) is 45.1 Å². The van der Waals surface area contributed by atoms with Crippen molar-refractivity contribution in [3.8, 4) is 22.3 Å². The Labute approximate surface area is 213 Å². The molecule has 0 spiro atoms. The smallest absolute Gasteiger partial charge is 0.227 e. The van der Waals surface area contributed by atoms with E-state index in [2.05, 4.69) is 43.3 Å². The monoisotopic (exact) mass is 488 g/mol. The van der Waals surface area contributed by atoms with Crippen LogP contribution in [-0.4, -0.2) is 25.2 Å². The summed E-state index contributed by atoms with van der Waals surface area (Å²) in [6.07, 6.45) is 5.05. The molecule has 2 nitrogen and oxygen atoms in total. The summed E-state index contributed by atoms with van der Waals surface area (Å²) >= 11 is 0. The standard InChI is InChI=1S/C32H34F2O2/c1-3-5-6-10-23-36-32(35-4-2)22-21-29(30(33)31(32)34)28-19-17-27(18-20-28)26-15-13-25(14-16-26)24-11-8-7-9-12-24/h7-9,11-22,31H,3-6,10,23H2,1-2H3. The molecule has 0 saturated heterocycles. The van der Waals surface area contributed by atoms with E-state index in [1.807, 2.05) is 42.5 Å². The van der Waals surface area contributed by atoms with Crippen molar-refractivity contribution < 1.29 is 18.3 Å². The Morgan fingerprint density at radius 3 is 1.81 bits per heavy atom. The van der Waals surface area contributed by atoms with Crippen LogP contribution in [0.5, 0.6) is 0 Å². The third-order valence-electron chi connectivity index (χ3n) is 6.53. The number of rotatable bonds is 11. The summed E-state index contributed by atoms with van der Waals surface area (Å²) in [5.41, 5.74) is 5.22. The minimum Gasteiger partial charge on any atom is -0.344 e. The van der Waals surface area contributed by atoms with E-state index in [4.69, 9.17) is 9.47 Å². The molecular formula is C32H34F2O2. The van der Waals surface area contributed by atoms with Crippen LogP contribution in [0.3, 0.4) is 0 Å². The first kappa shape index (κ1) is 26.0. The highest BCUT2D eigenvalue weighted by Gasteiger charge is 2.45. The van der Waals surface area contributed by atoms with E-state index in [1.54, 1.807) is 13.0 Å². The van der Waals surface area contributed by atoms with E-state index in [0.717, 1.165) is 42.4 Å². The van der Waals surface area contributed by atoms with Gasteiger partial charge in [0.15, 0.2) is 0 Å². The van der Waals surface area contributed by atoms with Crippen LogP contribution in [0.2, 0.25) is 0 Å². The van der Waals surface area contributed by atoms with Gasteiger partial charge in [0.1, 0.15) is 5.83 Å². The molecule has 0 bridgehead atoms. The molecule has 1 aliphatic carbocycles. The molecule has 0 aliphatic heterocycles. The Hall–Kier alpha value is -3.08. The van der Waals surface area contributed by atoms with Gasteiger partial charge in [0.25, 0.3) is 0 Å². The van der Waals surface area contributed by atoms with Crippen LogP contribution < -0.4 is 0 Å². The maximum Gasteiger partial charge on any atom is 0.227 e. The summed E-state index contributed by atoms with van der Waals surface area (Å²) in [6.45, 7) is 4.43. The van der Waals surface area contributed by atoms with Crippen molar-refractivity contribution in [3.05, 3.63) is 102 Å². The summed E-state index contributed by atoms with van der Waals surface area (Å²) < 4.78 is 42.1. The Morgan fingerprint density at radius 2 is 1.25 bits per heavy atom. The van der Waals surface area contributed by atoms with E-state index in [9.17, 15) is 0 Å². The highest BCUT2D eigenvalue weighted by Crippen LogP contribution is 2.39. The van der Waals surface area contributed by atoms with Crippen molar-refractivity contribution in [3.63, 3.8) is 0 Å². The maximum atomic E-state index is 15.4. The van der Waals surface area contributed by atoms with Crippen LogP contribution in [0, 0.1) is 0 Å². The van der Waals surface area contributed by atoms with Crippen LogP contribution in [0.15, 0.2) is 96.8 Å². The maximum absolute atomic E-state index is 15.4. The number of benzene rings is 3. The van der Waals surface area contributed by atoms with Crippen LogP contribution >= 0.6 is 0 Å². The lowest BCUT2D eigenvalue weighted by Gasteiger charge is -2.35. The van der Waals surface area contributed by atoms with Gasteiger partial charge in [-0.15, -0.1) is 0 Å². The molecule has 3 aromatic carbocycles. The molecule has 4 rings (SSSR count). The first-order chi connectivity index (χ1) is 17.6. The zero-order valence-corrected chi connectivity index (χ0v) is 21.1. The zero-order valence-electron chi connectivity index (χ0n) is 21.1. The minimum absolute atomic E-state index is 0.221. The number of hydrogen-bond donors (Lipinski definition) is 0. The number of alkyl halides is 1. The molecule has 36 heavy (non-hydrogen) atoms. The van der Waals surface area contributed by atoms with Crippen LogP contribution in [0.25, 0.3) is 27.8 Å². The third kappa shape index (κ3) is 5.83. The first-order valence-corrected chi connectivity index (χ1v) is 12.8. The number of allylic oxidation sites excluding steroid dienone is 2. The number of unbranched alkanes of at least 4 members (excludes halogenated alkanes) is 3. The molecule has 188 valence electrons. The van der Waals surface area contributed by atoms with E-state index in [-0.39, 0.29) is 12.2 Å². The van der Waals surface area contributed by atoms with Crippen molar-refractivity contribution in [2.45, 2.75) is 51.5 Å². The van der Waals surface area contributed by atoms with Gasteiger partial charge >= 0.3 is 0 Å². The number of hydrogen-bond acceptors (Lipinski definition) is 2. The largest absolute Gasteiger partial charge is 0.344 e. The van der Waals surface area contributed by atoms with Crippen molar-refractivity contribution >= 4 is 5.57 Å². The van der Waals surface area contributed by atoms with Gasteiger partial charge in [-0.2, -0.15) is 0 Å². The lowest BCUT2D eigenvalue weighted by molar-refractivity contribution is -0.232. The molecule has 3 aromatic rings. The fourth-order valence-electron chi connectivity index (χ4n) is 4.51. The summed E-state index contributed by atoms with van der Waals surface area (Å²) in [7, 11) is 0. The highest BCUT2D eigenvalue weighted by atomic mass is 19.2. The molecule has 2 unspecified atom stereocenters. The van der Waals surface area contributed by atoms with Gasteiger partial charge in [-0.25, -0.2) is 8.78 Å². The Balaban J connectivity index is 1.49. The molecule has 4 heteroatoms. The van der Waals surface area contributed by atoms with Crippen LogP contribution in [-0.2, 0) is 9.47 Å². The second-order valence-electron chi connectivity index (χ2n) is 9.04. The zero-order chi connectivity index (χ0) is 25.4. The van der Waals surface area contributed by atoms with E-state index in [0.29, 0.717) is 12.2 Å². The average Bonchev–Trinajstić information content (AvgIpc) is 2.93. The van der Waals surface area contributed by atoms with Gasteiger partial charge in [-0.1, -0.05) is 111 Å². The molecule has 0 saturated carbocycles. The minimum atomic E-state index is -2.02. The fraction of sp³-hybridized carbons (Fsp3) is 0.312. The van der Waals surface area contributed by atoms with Gasteiger partial charge in [-0.3, -0.25) is 0 Å². The normalized spacial score (nSPS) is 19.6. The first-order valence-electron chi connectivity index (χ1n) is 12.8. The topological polar surface area (TPSA) is 18.5 Å². The quantitative estimate of drug-likeness (QED) is 0.198. The summed E-state index contributed by atoms with van der Waals surface area (Å²) in [5, 5.41) is 0. The second kappa shape index (κ2) is 12.2. The van der Waals surface area contributed by atoms with Gasteiger partial charge in [0, 0.05) is 12.2 Å². The van der Waals surface area contributed by atoms with Gasteiger partial charge in [0.05, 0.1) is 6.61 Å². The Morgan fingerprint density at radius 1 is 0.694 bits per heavy atom. The predicted molar refractivity (Wildman–Crippen MR) is 144 cm³/mol. The van der Waals surface area contributed by atoms with Crippen molar-refractivity contribution in [1.82, 2.24) is 0 Å². The van der Waals surface area contributed by atoms with Crippen molar-refractivity contribution in [2.24, 2.45) is 0 Å². The molecule has 1 aliphatic rings. The predicted octanol–water partition coefficient (Wildman–Crippen LogP) is 8.94.